The van der Waals surface area contributed by atoms with Gasteiger partial charge in [0.1, 0.15) is 5.60 Å². The van der Waals surface area contributed by atoms with Gasteiger partial charge >= 0.3 is 5.97 Å². The van der Waals surface area contributed by atoms with Crippen molar-refractivity contribution < 1.29 is 9.53 Å². The van der Waals surface area contributed by atoms with Crippen LogP contribution in [-0.2, 0) is 9.53 Å². The number of ether oxygens (including phenoxy) is 1. The molecule has 1 heterocycles. The third-order valence-corrected chi connectivity index (χ3v) is 3.45. The van der Waals surface area contributed by atoms with Crippen LogP contribution in [0, 0.1) is 5.92 Å². The summed E-state index contributed by atoms with van der Waals surface area (Å²) in [5.41, 5.74) is -0.0463. The van der Waals surface area contributed by atoms with Gasteiger partial charge in [-0.15, -0.1) is 0 Å². The largest absolute Gasteiger partial charge is 0.459 e. The molecular formula is C10H16O2. The molecule has 0 aromatic rings. The zero-order chi connectivity index (χ0) is 8.60. The molecule has 2 fully saturated rings. The average molecular weight is 168 g/mol. The van der Waals surface area contributed by atoms with Gasteiger partial charge in [-0.05, 0) is 31.6 Å². The smallest absolute Gasteiger partial charge is 0.306 e. The Labute approximate surface area is 73.3 Å². The number of esters is 1. The Balaban J connectivity index is 2.12. The molecule has 0 aromatic carbocycles. The second kappa shape index (κ2) is 2.75. The van der Waals surface area contributed by atoms with E-state index in [2.05, 4.69) is 6.92 Å². The molecule has 1 saturated carbocycles. The van der Waals surface area contributed by atoms with Gasteiger partial charge < -0.3 is 4.74 Å². The van der Waals surface area contributed by atoms with Gasteiger partial charge in [0.2, 0.25) is 0 Å². The molecule has 1 aliphatic carbocycles. The molecule has 2 nitrogen and oxygen atoms in total. The first-order valence-electron chi connectivity index (χ1n) is 4.95. The normalized spacial score (nSPS) is 41.8. The van der Waals surface area contributed by atoms with Crippen molar-refractivity contribution in [1.29, 1.82) is 0 Å². The number of carbonyl (C=O) groups is 1. The Kier molecular flexibility index (Phi) is 1.85. The lowest BCUT2D eigenvalue weighted by Gasteiger charge is -2.37. The van der Waals surface area contributed by atoms with E-state index in [0.717, 1.165) is 12.8 Å². The summed E-state index contributed by atoms with van der Waals surface area (Å²) in [4.78, 5) is 11.0. The minimum absolute atomic E-state index is 0.0174. The summed E-state index contributed by atoms with van der Waals surface area (Å²) in [6.45, 7) is 2.22. The zero-order valence-electron chi connectivity index (χ0n) is 7.64. The van der Waals surface area contributed by atoms with Crippen molar-refractivity contribution in [3.8, 4) is 0 Å². The summed E-state index contributed by atoms with van der Waals surface area (Å²) in [7, 11) is 0. The fourth-order valence-corrected chi connectivity index (χ4v) is 2.55. The quantitative estimate of drug-likeness (QED) is 0.519. The first-order valence-corrected chi connectivity index (χ1v) is 4.95. The Morgan fingerprint density at radius 2 is 2.25 bits per heavy atom. The molecule has 1 aliphatic heterocycles. The van der Waals surface area contributed by atoms with Gasteiger partial charge in [0.25, 0.3) is 0 Å². The van der Waals surface area contributed by atoms with E-state index in [1.54, 1.807) is 0 Å². The molecule has 68 valence electrons. The molecule has 0 aromatic heterocycles. The molecule has 1 spiro atoms. The SMILES string of the molecule is C[C@H]1CCCC[C@@]12CCC(=O)O2. The van der Waals surface area contributed by atoms with Crippen LogP contribution >= 0.6 is 0 Å². The first kappa shape index (κ1) is 8.09. The van der Waals surface area contributed by atoms with E-state index in [0.29, 0.717) is 12.3 Å². The highest BCUT2D eigenvalue weighted by Crippen LogP contribution is 2.43. The lowest BCUT2D eigenvalue weighted by Crippen LogP contribution is -2.38. The van der Waals surface area contributed by atoms with Gasteiger partial charge in [0.05, 0.1) is 0 Å². The molecule has 0 amide bonds. The molecule has 2 rings (SSSR count). The Morgan fingerprint density at radius 1 is 1.42 bits per heavy atom. The second-order valence-corrected chi connectivity index (χ2v) is 4.19. The molecule has 12 heavy (non-hydrogen) atoms. The van der Waals surface area contributed by atoms with Gasteiger partial charge in [0, 0.05) is 6.42 Å². The maximum absolute atomic E-state index is 11.0. The fourth-order valence-electron chi connectivity index (χ4n) is 2.55. The van der Waals surface area contributed by atoms with Crippen LogP contribution < -0.4 is 0 Å². The Bertz CT molecular complexity index is 200. The van der Waals surface area contributed by atoms with Crippen LogP contribution in [0.4, 0.5) is 0 Å². The fraction of sp³-hybridized carbons (Fsp3) is 0.900. The van der Waals surface area contributed by atoms with E-state index >= 15 is 0 Å². The van der Waals surface area contributed by atoms with E-state index in [9.17, 15) is 4.79 Å². The third kappa shape index (κ3) is 1.13. The first-order chi connectivity index (χ1) is 5.73. The third-order valence-electron chi connectivity index (χ3n) is 3.45. The molecule has 0 unspecified atom stereocenters. The predicted molar refractivity (Wildman–Crippen MR) is 45.7 cm³/mol. The van der Waals surface area contributed by atoms with Crippen molar-refractivity contribution in [3.05, 3.63) is 0 Å². The lowest BCUT2D eigenvalue weighted by molar-refractivity contribution is -0.155. The van der Waals surface area contributed by atoms with Crippen LogP contribution in [0.1, 0.15) is 45.4 Å². The van der Waals surface area contributed by atoms with Gasteiger partial charge in [-0.2, -0.15) is 0 Å². The van der Waals surface area contributed by atoms with Crippen LogP contribution in [-0.4, -0.2) is 11.6 Å². The van der Waals surface area contributed by atoms with Gasteiger partial charge in [0.15, 0.2) is 0 Å². The van der Waals surface area contributed by atoms with E-state index in [1.807, 2.05) is 0 Å². The van der Waals surface area contributed by atoms with Crippen molar-refractivity contribution in [2.45, 2.75) is 51.0 Å². The summed E-state index contributed by atoms with van der Waals surface area (Å²) in [5.74, 6) is 0.599. The standard InChI is InChI=1S/C10H16O2/c1-8-4-2-3-6-10(8)7-5-9(11)12-10/h8H,2-7H2,1H3/t8-,10+/m0/s1. The summed E-state index contributed by atoms with van der Waals surface area (Å²) < 4.78 is 5.46. The monoisotopic (exact) mass is 168 g/mol. The van der Waals surface area contributed by atoms with Crippen molar-refractivity contribution in [2.24, 2.45) is 5.92 Å². The van der Waals surface area contributed by atoms with Crippen LogP contribution in [0.15, 0.2) is 0 Å². The van der Waals surface area contributed by atoms with E-state index in [-0.39, 0.29) is 11.6 Å². The molecule has 2 atom stereocenters. The highest BCUT2D eigenvalue weighted by atomic mass is 16.6. The molecular weight excluding hydrogens is 152 g/mol. The number of carbonyl (C=O) groups excluding carboxylic acids is 1. The van der Waals surface area contributed by atoms with E-state index in [4.69, 9.17) is 4.74 Å². The predicted octanol–water partition coefficient (Wildman–Crippen LogP) is 2.27. The number of rotatable bonds is 0. The van der Waals surface area contributed by atoms with Crippen LogP contribution in [0.3, 0.4) is 0 Å². The molecule has 0 N–H and O–H groups in total. The maximum atomic E-state index is 11.0. The summed E-state index contributed by atoms with van der Waals surface area (Å²) in [6, 6.07) is 0. The maximum Gasteiger partial charge on any atom is 0.306 e. The van der Waals surface area contributed by atoms with Crippen LogP contribution in [0.5, 0.6) is 0 Å². The van der Waals surface area contributed by atoms with Crippen molar-refractivity contribution in [3.63, 3.8) is 0 Å². The second-order valence-electron chi connectivity index (χ2n) is 4.19. The summed E-state index contributed by atoms with van der Waals surface area (Å²) in [5, 5.41) is 0. The highest BCUT2D eigenvalue weighted by molar-refractivity contribution is 5.72. The van der Waals surface area contributed by atoms with Crippen molar-refractivity contribution in [2.75, 3.05) is 0 Å². The number of hydrogen-bond acceptors (Lipinski definition) is 2. The van der Waals surface area contributed by atoms with Gasteiger partial charge in [-0.25, -0.2) is 0 Å². The topological polar surface area (TPSA) is 26.3 Å². The zero-order valence-corrected chi connectivity index (χ0v) is 7.64. The van der Waals surface area contributed by atoms with Crippen molar-refractivity contribution in [1.82, 2.24) is 0 Å². The van der Waals surface area contributed by atoms with Crippen LogP contribution in [0.2, 0.25) is 0 Å². The van der Waals surface area contributed by atoms with E-state index < -0.39 is 0 Å². The summed E-state index contributed by atoms with van der Waals surface area (Å²) >= 11 is 0. The number of hydrogen-bond donors (Lipinski definition) is 0. The minimum atomic E-state index is -0.0463. The van der Waals surface area contributed by atoms with E-state index in [1.165, 1.54) is 19.3 Å². The molecule has 1 saturated heterocycles. The average Bonchev–Trinajstić information content (AvgIpc) is 2.41. The highest BCUT2D eigenvalue weighted by Gasteiger charge is 2.45. The van der Waals surface area contributed by atoms with Crippen LogP contribution in [0.25, 0.3) is 0 Å². The lowest BCUT2D eigenvalue weighted by atomic mass is 9.75. The summed E-state index contributed by atoms with van der Waals surface area (Å²) in [6.07, 6.45) is 6.47. The van der Waals surface area contributed by atoms with Gasteiger partial charge in [-0.3, -0.25) is 4.79 Å². The molecule has 0 radical (unpaired) electrons. The Morgan fingerprint density at radius 3 is 2.83 bits per heavy atom. The molecule has 2 heteroatoms. The van der Waals surface area contributed by atoms with Gasteiger partial charge in [-0.1, -0.05) is 13.3 Å². The minimum Gasteiger partial charge on any atom is -0.459 e. The molecule has 0 bridgehead atoms. The Hall–Kier alpha value is -0.530. The van der Waals surface area contributed by atoms with Crippen molar-refractivity contribution >= 4 is 5.97 Å². The molecule has 2 aliphatic rings.